The van der Waals surface area contributed by atoms with E-state index in [4.69, 9.17) is 17.2 Å². The Morgan fingerprint density at radius 1 is 0.591 bits per heavy atom. The molecule has 0 spiro atoms. The second-order valence-electron chi connectivity index (χ2n) is 5.51. The Labute approximate surface area is 130 Å². The number of hydrogen-bond acceptors (Lipinski definition) is 3. The fourth-order valence-corrected chi connectivity index (χ4v) is 2.60. The van der Waals surface area contributed by atoms with Gasteiger partial charge in [-0.15, -0.1) is 0 Å². The van der Waals surface area contributed by atoms with Crippen molar-refractivity contribution >= 4 is 17.1 Å². The molecule has 3 aromatic carbocycles. The van der Waals surface area contributed by atoms with Crippen LogP contribution in [-0.4, -0.2) is 0 Å². The van der Waals surface area contributed by atoms with Gasteiger partial charge in [0.05, 0.1) is 0 Å². The minimum atomic E-state index is 0.724. The van der Waals surface area contributed by atoms with Gasteiger partial charge in [0.1, 0.15) is 0 Å². The van der Waals surface area contributed by atoms with Crippen LogP contribution in [0, 0.1) is 6.92 Å². The zero-order valence-corrected chi connectivity index (χ0v) is 12.5. The maximum atomic E-state index is 6.24. The summed E-state index contributed by atoms with van der Waals surface area (Å²) < 4.78 is 0. The van der Waals surface area contributed by atoms with Crippen molar-refractivity contribution in [1.82, 2.24) is 0 Å². The topological polar surface area (TPSA) is 78.1 Å². The largest absolute Gasteiger partial charge is 0.399 e. The summed E-state index contributed by atoms with van der Waals surface area (Å²) in [6.45, 7) is 2.03. The molecule has 0 heterocycles. The zero-order valence-electron chi connectivity index (χ0n) is 12.5. The molecule has 0 aliphatic rings. The Morgan fingerprint density at radius 3 is 1.77 bits per heavy atom. The maximum Gasteiger partial charge on any atom is 0.0399 e. The minimum absolute atomic E-state index is 0.724. The van der Waals surface area contributed by atoms with E-state index < -0.39 is 0 Å². The maximum absolute atomic E-state index is 6.24. The number of hydrogen-bond donors (Lipinski definition) is 3. The molecule has 3 rings (SSSR count). The molecule has 3 nitrogen and oxygen atoms in total. The molecular formula is C19H19N3. The number of aryl methyl sites for hydroxylation is 1. The monoisotopic (exact) mass is 289 g/mol. The number of nitrogens with two attached hydrogens (primary N) is 3. The zero-order chi connectivity index (χ0) is 15.7. The van der Waals surface area contributed by atoms with E-state index in [0.717, 1.165) is 44.9 Å². The summed E-state index contributed by atoms with van der Waals surface area (Å²) in [6, 6.07) is 19.8. The van der Waals surface area contributed by atoms with Crippen LogP contribution in [0.15, 0.2) is 60.7 Å². The molecular weight excluding hydrogens is 270 g/mol. The van der Waals surface area contributed by atoms with Crippen molar-refractivity contribution in [3.05, 3.63) is 66.2 Å². The summed E-state index contributed by atoms with van der Waals surface area (Å²) >= 11 is 0. The lowest BCUT2D eigenvalue weighted by Gasteiger charge is -2.11. The molecule has 0 saturated heterocycles. The third kappa shape index (κ3) is 2.61. The molecule has 0 radical (unpaired) electrons. The lowest BCUT2D eigenvalue weighted by molar-refractivity contribution is 1.47. The summed E-state index contributed by atoms with van der Waals surface area (Å²) in [7, 11) is 0. The smallest absolute Gasteiger partial charge is 0.0399 e. The average molecular weight is 289 g/mol. The van der Waals surface area contributed by atoms with E-state index in [-0.39, 0.29) is 0 Å². The first-order valence-corrected chi connectivity index (χ1v) is 7.16. The Kier molecular flexibility index (Phi) is 3.47. The van der Waals surface area contributed by atoms with Crippen molar-refractivity contribution in [2.24, 2.45) is 0 Å². The first-order valence-electron chi connectivity index (χ1n) is 7.16. The highest BCUT2D eigenvalue weighted by Crippen LogP contribution is 2.33. The summed E-state index contributed by atoms with van der Waals surface area (Å²) in [5.74, 6) is 0. The highest BCUT2D eigenvalue weighted by atomic mass is 14.6. The normalized spacial score (nSPS) is 10.6. The lowest BCUT2D eigenvalue weighted by atomic mass is 9.97. The van der Waals surface area contributed by atoms with E-state index in [0.29, 0.717) is 0 Å². The summed E-state index contributed by atoms with van der Waals surface area (Å²) in [4.78, 5) is 0. The van der Waals surface area contributed by atoms with Crippen molar-refractivity contribution in [2.45, 2.75) is 6.92 Å². The SMILES string of the molecule is Cc1ccc(-c2ccc(-c3ccc(N)cc3)c(N)c2)c(N)c1. The van der Waals surface area contributed by atoms with Gasteiger partial charge in [-0.3, -0.25) is 0 Å². The van der Waals surface area contributed by atoms with Gasteiger partial charge in [-0.05, 0) is 47.9 Å². The second kappa shape index (κ2) is 5.45. The van der Waals surface area contributed by atoms with Gasteiger partial charge in [-0.1, -0.05) is 36.4 Å². The number of rotatable bonds is 2. The van der Waals surface area contributed by atoms with Crippen LogP contribution < -0.4 is 17.2 Å². The third-order valence-electron chi connectivity index (χ3n) is 3.79. The van der Waals surface area contributed by atoms with Crippen molar-refractivity contribution in [1.29, 1.82) is 0 Å². The predicted molar refractivity (Wildman–Crippen MR) is 95.3 cm³/mol. The van der Waals surface area contributed by atoms with Gasteiger partial charge < -0.3 is 17.2 Å². The van der Waals surface area contributed by atoms with Crippen LogP contribution >= 0.6 is 0 Å². The lowest BCUT2D eigenvalue weighted by Crippen LogP contribution is -1.94. The van der Waals surface area contributed by atoms with Crippen molar-refractivity contribution < 1.29 is 0 Å². The van der Waals surface area contributed by atoms with Crippen LogP contribution in [0.3, 0.4) is 0 Å². The summed E-state index contributed by atoms with van der Waals surface area (Å²) in [6.07, 6.45) is 0. The Morgan fingerprint density at radius 2 is 1.14 bits per heavy atom. The highest BCUT2D eigenvalue weighted by molar-refractivity contribution is 5.85. The van der Waals surface area contributed by atoms with Gasteiger partial charge in [0.2, 0.25) is 0 Å². The average Bonchev–Trinajstić information content (AvgIpc) is 2.48. The third-order valence-corrected chi connectivity index (χ3v) is 3.79. The number of nitrogen functional groups attached to an aromatic ring is 3. The van der Waals surface area contributed by atoms with E-state index in [2.05, 4.69) is 6.07 Å². The van der Waals surface area contributed by atoms with Crippen molar-refractivity contribution in [2.75, 3.05) is 17.2 Å². The van der Waals surface area contributed by atoms with Crippen molar-refractivity contribution in [3.8, 4) is 22.3 Å². The Hall–Kier alpha value is -2.94. The fraction of sp³-hybridized carbons (Fsp3) is 0.0526. The molecule has 0 aromatic heterocycles. The Bertz CT molecular complexity index is 821. The first-order chi connectivity index (χ1) is 10.5. The quantitative estimate of drug-likeness (QED) is 0.622. The molecule has 0 unspecified atom stereocenters. The minimum Gasteiger partial charge on any atom is -0.399 e. The van der Waals surface area contributed by atoms with Crippen LogP contribution in [0.1, 0.15) is 5.56 Å². The van der Waals surface area contributed by atoms with E-state index in [9.17, 15) is 0 Å². The predicted octanol–water partition coefficient (Wildman–Crippen LogP) is 4.08. The van der Waals surface area contributed by atoms with E-state index in [1.165, 1.54) is 0 Å². The molecule has 3 aromatic rings. The van der Waals surface area contributed by atoms with Crippen LogP contribution in [0.5, 0.6) is 0 Å². The molecule has 0 saturated carbocycles. The standard InChI is InChI=1S/C19H19N3/c1-12-2-8-17(18(21)10-12)14-5-9-16(19(22)11-14)13-3-6-15(20)7-4-13/h2-11H,20-22H2,1H3. The molecule has 0 bridgehead atoms. The Balaban J connectivity index is 2.03. The molecule has 0 aliphatic carbocycles. The number of benzene rings is 3. The van der Waals surface area contributed by atoms with Gasteiger partial charge in [-0.2, -0.15) is 0 Å². The molecule has 3 heteroatoms. The summed E-state index contributed by atoms with van der Waals surface area (Å²) in [5, 5.41) is 0. The highest BCUT2D eigenvalue weighted by Gasteiger charge is 2.07. The van der Waals surface area contributed by atoms with Crippen LogP contribution in [0.4, 0.5) is 17.1 Å². The van der Waals surface area contributed by atoms with Gasteiger partial charge in [-0.25, -0.2) is 0 Å². The molecule has 0 atom stereocenters. The molecule has 6 N–H and O–H groups in total. The van der Waals surface area contributed by atoms with E-state index in [1.807, 2.05) is 61.5 Å². The fourth-order valence-electron chi connectivity index (χ4n) is 2.60. The molecule has 22 heavy (non-hydrogen) atoms. The molecule has 0 amide bonds. The van der Waals surface area contributed by atoms with E-state index in [1.54, 1.807) is 0 Å². The number of anilines is 3. The van der Waals surface area contributed by atoms with Crippen LogP contribution in [0.2, 0.25) is 0 Å². The van der Waals surface area contributed by atoms with Crippen LogP contribution in [0.25, 0.3) is 22.3 Å². The van der Waals surface area contributed by atoms with Crippen LogP contribution in [-0.2, 0) is 0 Å². The summed E-state index contributed by atoms with van der Waals surface area (Å²) in [5.41, 5.74) is 25.5. The molecule has 110 valence electrons. The van der Waals surface area contributed by atoms with Gasteiger partial charge in [0.25, 0.3) is 0 Å². The van der Waals surface area contributed by atoms with Crippen molar-refractivity contribution in [3.63, 3.8) is 0 Å². The van der Waals surface area contributed by atoms with Gasteiger partial charge in [0.15, 0.2) is 0 Å². The van der Waals surface area contributed by atoms with Gasteiger partial charge in [0, 0.05) is 28.2 Å². The van der Waals surface area contributed by atoms with E-state index >= 15 is 0 Å². The molecule has 0 fully saturated rings. The first kappa shape index (κ1) is 14.0. The second-order valence-corrected chi connectivity index (χ2v) is 5.51. The molecule has 0 aliphatic heterocycles. The van der Waals surface area contributed by atoms with Gasteiger partial charge >= 0.3 is 0 Å².